The molecule has 1 fully saturated rings. The van der Waals surface area contributed by atoms with Crippen molar-refractivity contribution in [1.82, 2.24) is 0 Å². The van der Waals surface area contributed by atoms with Crippen LogP contribution in [0.4, 0.5) is 0 Å². The third kappa shape index (κ3) is 1.33. The van der Waals surface area contributed by atoms with E-state index in [0.717, 1.165) is 12.2 Å². The Morgan fingerprint density at radius 3 is 2.75 bits per heavy atom. The number of hydrogen-bond donors (Lipinski definition) is 1. The van der Waals surface area contributed by atoms with Gasteiger partial charge in [-0.2, -0.15) is 0 Å². The Kier molecular flexibility index (Phi) is 2.53. The Bertz CT molecular complexity index is 76.8. The van der Waals surface area contributed by atoms with Crippen molar-refractivity contribution in [3.05, 3.63) is 0 Å². The van der Waals surface area contributed by atoms with Crippen LogP contribution >= 0.6 is 21.6 Å². The van der Waals surface area contributed by atoms with Crippen LogP contribution in [0, 0.1) is 0 Å². The maximum atomic E-state index is 9.15. The van der Waals surface area contributed by atoms with Crippen LogP contribution in [0.2, 0.25) is 0 Å². The minimum atomic E-state index is -0.0463. The highest BCUT2D eigenvalue weighted by Gasteiger charge is 2.24. The van der Waals surface area contributed by atoms with Crippen LogP contribution < -0.4 is 0 Å². The quantitative estimate of drug-likeness (QED) is 0.572. The Labute approximate surface area is 57.6 Å². The van der Waals surface area contributed by atoms with Crippen LogP contribution in [0.25, 0.3) is 0 Å². The van der Waals surface area contributed by atoms with E-state index in [2.05, 4.69) is 6.92 Å². The van der Waals surface area contributed by atoms with Crippen molar-refractivity contribution in [2.45, 2.75) is 24.7 Å². The molecule has 0 spiro atoms. The first-order valence-electron chi connectivity index (χ1n) is 2.81. The molecule has 0 amide bonds. The van der Waals surface area contributed by atoms with Gasteiger partial charge in [0.15, 0.2) is 0 Å². The van der Waals surface area contributed by atoms with Crippen LogP contribution in [-0.2, 0) is 0 Å². The van der Waals surface area contributed by atoms with Gasteiger partial charge in [0.05, 0.1) is 6.10 Å². The van der Waals surface area contributed by atoms with E-state index in [1.54, 1.807) is 10.8 Å². The van der Waals surface area contributed by atoms with Crippen molar-refractivity contribution in [2.24, 2.45) is 0 Å². The molecular formula is C5H10OS2. The molecule has 1 aliphatic heterocycles. The molecule has 8 heavy (non-hydrogen) atoms. The molecule has 1 heterocycles. The van der Waals surface area contributed by atoms with Gasteiger partial charge in [-0.1, -0.05) is 28.5 Å². The fraction of sp³-hybridized carbons (Fsp3) is 1.00. The summed E-state index contributed by atoms with van der Waals surface area (Å²) < 4.78 is 0. The Hall–Kier alpha value is 0.660. The van der Waals surface area contributed by atoms with E-state index in [1.165, 1.54) is 0 Å². The molecule has 1 N–H and O–H groups in total. The normalized spacial score (nSPS) is 38.2. The van der Waals surface area contributed by atoms with E-state index in [-0.39, 0.29) is 6.10 Å². The Balaban J connectivity index is 2.30. The van der Waals surface area contributed by atoms with Crippen molar-refractivity contribution in [1.29, 1.82) is 0 Å². The van der Waals surface area contributed by atoms with E-state index in [0.29, 0.717) is 5.25 Å². The largest absolute Gasteiger partial charge is 0.391 e. The van der Waals surface area contributed by atoms with Crippen molar-refractivity contribution >= 4 is 21.6 Å². The molecule has 1 saturated heterocycles. The average molecular weight is 150 g/mol. The molecule has 0 saturated carbocycles. The Morgan fingerprint density at radius 2 is 2.50 bits per heavy atom. The van der Waals surface area contributed by atoms with Crippen LogP contribution in [-0.4, -0.2) is 22.2 Å². The second-order valence-electron chi connectivity index (χ2n) is 1.89. The van der Waals surface area contributed by atoms with Gasteiger partial charge < -0.3 is 5.11 Å². The molecule has 0 aromatic carbocycles. The lowest BCUT2D eigenvalue weighted by Crippen LogP contribution is -2.18. The number of hydrogen-bond acceptors (Lipinski definition) is 3. The second-order valence-corrected chi connectivity index (χ2v) is 4.55. The molecule has 0 bridgehead atoms. The van der Waals surface area contributed by atoms with Gasteiger partial charge in [0.2, 0.25) is 0 Å². The first-order chi connectivity index (χ1) is 3.84. The minimum Gasteiger partial charge on any atom is -0.391 e. The molecule has 2 unspecified atom stereocenters. The maximum Gasteiger partial charge on any atom is 0.0765 e. The topological polar surface area (TPSA) is 20.2 Å². The highest BCUT2D eigenvalue weighted by molar-refractivity contribution is 8.77. The minimum absolute atomic E-state index is 0.0463. The standard InChI is InChI=1S/C5H10OS2/c1-2-5-4(6)3-7-8-5/h4-6H,2-3H2,1H3. The van der Waals surface area contributed by atoms with E-state index in [4.69, 9.17) is 5.11 Å². The lowest BCUT2D eigenvalue weighted by Gasteiger charge is -2.06. The van der Waals surface area contributed by atoms with Gasteiger partial charge >= 0.3 is 0 Å². The lowest BCUT2D eigenvalue weighted by atomic mass is 10.2. The van der Waals surface area contributed by atoms with Gasteiger partial charge in [-0.15, -0.1) is 0 Å². The molecule has 1 rings (SSSR count). The van der Waals surface area contributed by atoms with Gasteiger partial charge in [0.25, 0.3) is 0 Å². The van der Waals surface area contributed by atoms with Crippen molar-refractivity contribution in [2.75, 3.05) is 5.75 Å². The zero-order chi connectivity index (χ0) is 5.98. The van der Waals surface area contributed by atoms with Crippen LogP contribution in [0.5, 0.6) is 0 Å². The van der Waals surface area contributed by atoms with E-state index < -0.39 is 0 Å². The highest BCUT2D eigenvalue weighted by Crippen LogP contribution is 2.39. The van der Waals surface area contributed by atoms with Crippen molar-refractivity contribution in [3.63, 3.8) is 0 Å². The number of rotatable bonds is 1. The monoisotopic (exact) mass is 150 g/mol. The summed E-state index contributed by atoms with van der Waals surface area (Å²) >= 11 is 0. The SMILES string of the molecule is CCC1SSCC1O. The number of aliphatic hydroxyl groups is 1. The summed E-state index contributed by atoms with van der Waals surface area (Å²) in [4.78, 5) is 0. The first kappa shape index (κ1) is 6.78. The van der Waals surface area contributed by atoms with Crippen molar-refractivity contribution < 1.29 is 5.11 Å². The third-order valence-corrected chi connectivity index (χ3v) is 4.33. The zero-order valence-corrected chi connectivity index (χ0v) is 6.47. The summed E-state index contributed by atoms with van der Waals surface area (Å²) in [7, 11) is 3.60. The predicted molar refractivity (Wildman–Crippen MR) is 40.1 cm³/mol. The third-order valence-electron chi connectivity index (χ3n) is 1.26. The first-order valence-corrected chi connectivity index (χ1v) is 5.19. The number of aliphatic hydroxyl groups excluding tert-OH is 1. The average Bonchev–Trinajstić information content (AvgIpc) is 2.14. The summed E-state index contributed by atoms with van der Waals surface area (Å²) in [6.45, 7) is 2.12. The van der Waals surface area contributed by atoms with Gasteiger partial charge in [-0.25, -0.2) is 0 Å². The summed E-state index contributed by atoms with van der Waals surface area (Å²) in [5.41, 5.74) is 0. The molecule has 0 aromatic heterocycles. The predicted octanol–water partition coefficient (Wildman–Crippen LogP) is 1.52. The van der Waals surface area contributed by atoms with E-state index in [9.17, 15) is 0 Å². The van der Waals surface area contributed by atoms with Crippen molar-refractivity contribution in [3.8, 4) is 0 Å². The molecule has 3 heteroatoms. The molecule has 0 radical (unpaired) electrons. The van der Waals surface area contributed by atoms with Gasteiger partial charge in [-0.3, -0.25) is 0 Å². The fourth-order valence-electron chi connectivity index (χ4n) is 0.708. The molecule has 0 aromatic rings. The molecule has 1 nitrogen and oxygen atoms in total. The molecule has 48 valence electrons. The summed E-state index contributed by atoms with van der Waals surface area (Å²) in [6, 6.07) is 0. The molecule has 2 atom stereocenters. The van der Waals surface area contributed by atoms with Crippen LogP contribution in [0.3, 0.4) is 0 Å². The van der Waals surface area contributed by atoms with Crippen LogP contribution in [0.15, 0.2) is 0 Å². The summed E-state index contributed by atoms with van der Waals surface area (Å²) in [5.74, 6) is 0.920. The maximum absolute atomic E-state index is 9.15. The van der Waals surface area contributed by atoms with Gasteiger partial charge in [-0.05, 0) is 6.42 Å². The molecule has 0 aliphatic carbocycles. The van der Waals surface area contributed by atoms with Crippen LogP contribution in [0.1, 0.15) is 13.3 Å². The summed E-state index contributed by atoms with van der Waals surface area (Å²) in [6.07, 6.45) is 1.05. The Morgan fingerprint density at radius 1 is 1.75 bits per heavy atom. The smallest absolute Gasteiger partial charge is 0.0765 e. The fourth-order valence-corrected chi connectivity index (χ4v) is 3.79. The summed E-state index contributed by atoms with van der Waals surface area (Å²) in [5, 5.41) is 9.65. The van der Waals surface area contributed by atoms with Gasteiger partial charge in [0.1, 0.15) is 0 Å². The highest BCUT2D eigenvalue weighted by atomic mass is 33.1. The van der Waals surface area contributed by atoms with E-state index >= 15 is 0 Å². The second kappa shape index (κ2) is 2.99. The van der Waals surface area contributed by atoms with E-state index in [1.807, 2.05) is 10.8 Å². The lowest BCUT2D eigenvalue weighted by molar-refractivity contribution is 0.197. The zero-order valence-electron chi connectivity index (χ0n) is 4.83. The van der Waals surface area contributed by atoms with Gasteiger partial charge in [0, 0.05) is 11.0 Å². The molecule has 1 aliphatic rings. The molecular weight excluding hydrogens is 140 g/mol.